The molecule has 0 aliphatic rings. The third-order valence-corrected chi connectivity index (χ3v) is 2.24. The van der Waals surface area contributed by atoms with Gasteiger partial charge in [-0.3, -0.25) is 0 Å². The van der Waals surface area contributed by atoms with Crippen LogP contribution in [-0.2, 0) is 11.2 Å². The molecule has 1 rings (SSSR count). The molecule has 0 aliphatic carbocycles. The van der Waals surface area contributed by atoms with Gasteiger partial charge in [0.1, 0.15) is 0 Å². The molecule has 0 amide bonds. The van der Waals surface area contributed by atoms with Crippen LogP contribution in [0, 0.1) is 6.61 Å². The molecule has 0 N–H and O–H groups in total. The van der Waals surface area contributed by atoms with Crippen LogP contribution in [0.4, 0.5) is 0 Å². The van der Waals surface area contributed by atoms with E-state index in [9.17, 15) is 0 Å². The van der Waals surface area contributed by atoms with E-state index >= 15 is 0 Å². The lowest BCUT2D eigenvalue weighted by molar-refractivity contribution is 0.198. The van der Waals surface area contributed by atoms with Crippen LogP contribution in [-0.4, -0.2) is 6.61 Å². The Kier molecular flexibility index (Phi) is 6.09. The summed E-state index contributed by atoms with van der Waals surface area (Å²) in [5, 5.41) is 0. The summed E-state index contributed by atoms with van der Waals surface area (Å²) in [6, 6.07) is 10.6. The van der Waals surface area contributed by atoms with E-state index in [0.29, 0.717) is 0 Å². The topological polar surface area (TPSA) is 9.23 Å². The third kappa shape index (κ3) is 5.03. The van der Waals surface area contributed by atoms with Gasteiger partial charge in [0.2, 0.25) is 0 Å². The Morgan fingerprint density at radius 2 is 1.86 bits per heavy atom. The zero-order valence-electron chi connectivity index (χ0n) is 8.91. The molecule has 1 heteroatoms. The summed E-state index contributed by atoms with van der Waals surface area (Å²) in [6.07, 6.45) is 4.87. The molecule has 0 saturated carbocycles. The van der Waals surface area contributed by atoms with Crippen molar-refractivity contribution in [2.45, 2.75) is 32.6 Å². The van der Waals surface area contributed by atoms with Crippen LogP contribution in [0.5, 0.6) is 0 Å². The van der Waals surface area contributed by atoms with E-state index < -0.39 is 0 Å². The fraction of sp³-hybridized carbons (Fsp3) is 0.462. The van der Waals surface area contributed by atoms with Gasteiger partial charge in [-0.1, -0.05) is 36.8 Å². The first-order chi connectivity index (χ1) is 6.93. The van der Waals surface area contributed by atoms with E-state index in [2.05, 4.69) is 30.3 Å². The molecule has 0 fully saturated rings. The van der Waals surface area contributed by atoms with Gasteiger partial charge in [0.05, 0.1) is 6.61 Å². The van der Waals surface area contributed by atoms with Crippen LogP contribution >= 0.6 is 0 Å². The summed E-state index contributed by atoms with van der Waals surface area (Å²) in [7, 11) is 0. The molecule has 0 unspecified atom stereocenters. The summed E-state index contributed by atoms with van der Waals surface area (Å²) in [5.74, 6) is 0. The van der Waals surface area contributed by atoms with Gasteiger partial charge in [-0.2, -0.15) is 0 Å². The number of hydrogen-bond donors (Lipinski definition) is 0. The van der Waals surface area contributed by atoms with Crippen molar-refractivity contribution in [1.29, 1.82) is 0 Å². The lowest BCUT2D eigenvalue weighted by Crippen LogP contribution is -1.91. The first kappa shape index (κ1) is 11.3. The normalized spacial score (nSPS) is 10.4. The number of rotatable bonds is 7. The molecule has 1 radical (unpaired) electrons. The van der Waals surface area contributed by atoms with Crippen LogP contribution in [0.25, 0.3) is 0 Å². The highest BCUT2D eigenvalue weighted by Gasteiger charge is 1.92. The molecule has 0 atom stereocenters. The third-order valence-electron chi connectivity index (χ3n) is 2.24. The predicted octanol–water partition coefficient (Wildman–Crippen LogP) is 3.60. The Hall–Kier alpha value is -0.820. The average Bonchev–Trinajstić information content (AvgIpc) is 2.25. The van der Waals surface area contributed by atoms with Crippen molar-refractivity contribution in [2.24, 2.45) is 0 Å². The molecule has 0 aromatic heterocycles. The van der Waals surface area contributed by atoms with Gasteiger partial charge in [-0.15, -0.1) is 0 Å². The highest BCUT2D eigenvalue weighted by atomic mass is 16.5. The Balaban J connectivity index is 1.99. The molecule has 77 valence electrons. The largest absolute Gasteiger partial charge is 0.376 e. The van der Waals surface area contributed by atoms with Gasteiger partial charge in [0, 0.05) is 6.61 Å². The van der Waals surface area contributed by atoms with Crippen molar-refractivity contribution in [2.75, 3.05) is 6.61 Å². The molecule has 0 bridgehead atoms. The van der Waals surface area contributed by atoms with Crippen molar-refractivity contribution < 1.29 is 4.74 Å². The maximum absolute atomic E-state index is 5.16. The van der Waals surface area contributed by atoms with Gasteiger partial charge >= 0.3 is 0 Å². The minimum atomic E-state index is 0.866. The fourth-order valence-electron chi connectivity index (χ4n) is 1.45. The van der Waals surface area contributed by atoms with Gasteiger partial charge in [-0.05, 0) is 31.7 Å². The van der Waals surface area contributed by atoms with E-state index in [1.165, 1.54) is 24.8 Å². The van der Waals surface area contributed by atoms with Crippen LogP contribution in [0.2, 0.25) is 0 Å². The average molecular weight is 191 g/mol. The number of unbranched alkanes of at least 4 members (excludes halogenated alkanes) is 2. The van der Waals surface area contributed by atoms with E-state index in [1.54, 1.807) is 6.61 Å². The van der Waals surface area contributed by atoms with E-state index in [1.807, 2.05) is 6.92 Å². The fourth-order valence-corrected chi connectivity index (χ4v) is 1.45. The monoisotopic (exact) mass is 191 g/mol. The summed E-state index contributed by atoms with van der Waals surface area (Å²) >= 11 is 0. The van der Waals surface area contributed by atoms with E-state index in [0.717, 1.165) is 13.0 Å². The van der Waals surface area contributed by atoms with Crippen molar-refractivity contribution in [3.05, 3.63) is 42.5 Å². The van der Waals surface area contributed by atoms with Crippen molar-refractivity contribution in [3.8, 4) is 0 Å². The van der Waals surface area contributed by atoms with Gasteiger partial charge in [-0.25, -0.2) is 0 Å². The van der Waals surface area contributed by atoms with Crippen LogP contribution in [0.15, 0.2) is 30.3 Å². The second-order valence-electron chi connectivity index (χ2n) is 3.40. The maximum atomic E-state index is 5.16. The highest BCUT2D eigenvalue weighted by Crippen LogP contribution is 2.06. The number of aryl methyl sites for hydroxylation is 1. The molecule has 1 nitrogen and oxygen atoms in total. The van der Waals surface area contributed by atoms with Crippen molar-refractivity contribution in [1.82, 2.24) is 0 Å². The number of benzene rings is 1. The van der Waals surface area contributed by atoms with Gasteiger partial charge in [0.25, 0.3) is 0 Å². The molecular formula is C13H19O. The van der Waals surface area contributed by atoms with Crippen LogP contribution < -0.4 is 0 Å². The molecule has 0 spiro atoms. The lowest BCUT2D eigenvalue weighted by Gasteiger charge is -2.01. The van der Waals surface area contributed by atoms with Crippen molar-refractivity contribution >= 4 is 0 Å². The molecule has 14 heavy (non-hydrogen) atoms. The second kappa shape index (κ2) is 7.57. The summed E-state index contributed by atoms with van der Waals surface area (Å²) in [6.45, 7) is 4.55. The SMILES string of the molecule is C[CH]OCCCCCc1ccccc1. The van der Waals surface area contributed by atoms with Crippen LogP contribution in [0.3, 0.4) is 0 Å². The van der Waals surface area contributed by atoms with Gasteiger partial charge < -0.3 is 4.74 Å². The molecule has 0 aliphatic heterocycles. The van der Waals surface area contributed by atoms with Crippen LogP contribution in [0.1, 0.15) is 31.7 Å². The predicted molar refractivity (Wildman–Crippen MR) is 59.9 cm³/mol. The molecular weight excluding hydrogens is 172 g/mol. The number of ether oxygens (including phenoxy) is 1. The Labute approximate surface area is 87.1 Å². The minimum Gasteiger partial charge on any atom is -0.376 e. The van der Waals surface area contributed by atoms with Gasteiger partial charge in [0.15, 0.2) is 0 Å². The first-order valence-corrected chi connectivity index (χ1v) is 5.37. The molecule has 0 heterocycles. The molecule has 1 aromatic carbocycles. The maximum Gasteiger partial charge on any atom is 0.0805 e. The number of hydrogen-bond acceptors (Lipinski definition) is 1. The Bertz CT molecular complexity index is 218. The zero-order valence-corrected chi connectivity index (χ0v) is 8.91. The summed E-state index contributed by atoms with van der Waals surface area (Å²) < 4.78 is 5.16. The van der Waals surface area contributed by atoms with E-state index in [-0.39, 0.29) is 0 Å². The smallest absolute Gasteiger partial charge is 0.0805 e. The molecule has 1 aromatic rings. The second-order valence-corrected chi connectivity index (χ2v) is 3.40. The van der Waals surface area contributed by atoms with Crippen molar-refractivity contribution in [3.63, 3.8) is 0 Å². The first-order valence-electron chi connectivity index (χ1n) is 5.37. The summed E-state index contributed by atoms with van der Waals surface area (Å²) in [4.78, 5) is 0. The highest BCUT2D eigenvalue weighted by molar-refractivity contribution is 5.14. The summed E-state index contributed by atoms with van der Waals surface area (Å²) in [5.41, 5.74) is 1.44. The standard InChI is InChI=1S/C13H19O/c1-2-14-12-8-4-7-11-13-9-5-3-6-10-13/h2-3,5-6,9-10H,4,7-8,11-12H2,1H3. The quantitative estimate of drug-likeness (QED) is 0.598. The minimum absolute atomic E-state index is 0.866. The lowest BCUT2D eigenvalue weighted by atomic mass is 10.1. The molecule has 0 saturated heterocycles. The Morgan fingerprint density at radius 3 is 2.57 bits per heavy atom. The zero-order chi connectivity index (χ0) is 10.1. The Morgan fingerprint density at radius 1 is 1.07 bits per heavy atom. The van der Waals surface area contributed by atoms with E-state index in [4.69, 9.17) is 4.74 Å².